The third-order valence-electron chi connectivity index (χ3n) is 5.15. The van der Waals surface area contributed by atoms with Gasteiger partial charge in [0.05, 0.1) is 10.0 Å². The van der Waals surface area contributed by atoms with Crippen LogP contribution in [0.15, 0.2) is 38.9 Å². The highest BCUT2D eigenvalue weighted by Gasteiger charge is 2.34. The maximum Gasteiger partial charge on any atom is 0.330 e. The molecule has 1 heterocycles. The van der Waals surface area contributed by atoms with Crippen LogP contribution in [0.5, 0.6) is 0 Å². The minimum Gasteiger partial charge on any atom is -0.303 e. The van der Waals surface area contributed by atoms with Crippen LogP contribution in [0.1, 0.15) is 19.4 Å². The molecule has 0 saturated heterocycles. The van der Waals surface area contributed by atoms with Gasteiger partial charge in [-0.15, -0.1) is 0 Å². The Kier molecular flexibility index (Phi) is 7.25. The van der Waals surface area contributed by atoms with Gasteiger partial charge in [0, 0.05) is 38.9 Å². The van der Waals surface area contributed by atoms with Gasteiger partial charge in [-0.3, -0.25) is 9.36 Å². The Morgan fingerprint density at radius 2 is 1.67 bits per heavy atom. The number of rotatable bonds is 7. The number of halogens is 2. The van der Waals surface area contributed by atoms with Crippen molar-refractivity contribution in [1.29, 1.82) is 0 Å². The van der Waals surface area contributed by atoms with E-state index in [1.54, 1.807) is 18.2 Å². The molecule has 2 aromatic rings. The molecule has 0 saturated carbocycles. The molecule has 0 atom stereocenters. The summed E-state index contributed by atoms with van der Waals surface area (Å²) in [6.45, 7) is 3.85. The van der Waals surface area contributed by atoms with E-state index in [2.05, 4.69) is 0 Å². The highest BCUT2D eigenvalue weighted by Crippen LogP contribution is 2.26. The molecule has 0 bridgehead atoms. The normalized spacial score (nSPS) is 12.7. The fraction of sp³-hybridized carbons (Fsp3) is 0.474. The minimum atomic E-state index is -4.24. The van der Waals surface area contributed by atoms with Crippen molar-refractivity contribution in [3.05, 3.63) is 60.8 Å². The minimum absolute atomic E-state index is 0.0253. The Morgan fingerprint density at radius 3 is 2.20 bits per heavy atom. The van der Waals surface area contributed by atoms with E-state index in [4.69, 9.17) is 23.2 Å². The van der Waals surface area contributed by atoms with Gasteiger partial charge >= 0.3 is 5.69 Å². The third-order valence-corrected chi connectivity index (χ3v) is 7.66. The summed E-state index contributed by atoms with van der Waals surface area (Å²) in [5.74, 6) is 0. The van der Waals surface area contributed by atoms with Crippen LogP contribution in [-0.2, 0) is 30.7 Å². The summed E-state index contributed by atoms with van der Waals surface area (Å²) in [7, 11) is 2.08. The van der Waals surface area contributed by atoms with Gasteiger partial charge in [-0.05, 0) is 45.6 Å². The van der Waals surface area contributed by atoms with Crippen molar-refractivity contribution in [3.63, 3.8) is 0 Å². The first kappa shape index (κ1) is 24.6. The van der Waals surface area contributed by atoms with E-state index in [-0.39, 0.29) is 13.1 Å². The van der Waals surface area contributed by atoms with E-state index < -0.39 is 31.7 Å². The lowest BCUT2D eigenvalue weighted by Crippen LogP contribution is -2.51. The highest BCUT2D eigenvalue weighted by atomic mass is 35.5. The average molecular weight is 477 g/mol. The van der Waals surface area contributed by atoms with E-state index in [0.29, 0.717) is 15.6 Å². The van der Waals surface area contributed by atoms with Gasteiger partial charge < -0.3 is 9.47 Å². The first-order chi connectivity index (χ1) is 13.7. The second-order valence-corrected chi connectivity index (χ2v) is 10.7. The van der Waals surface area contributed by atoms with Gasteiger partial charge in [0.15, 0.2) is 4.90 Å². The summed E-state index contributed by atoms with van der Waals surface area (Å²) in [5, 5.41) is 0.659. The second kappa shape index (κ2) is 8.84. The maximum atomic E-state index is 13.5. The summed E-state index contributed by atoms with van der Waals surface area (Å²) >= 11 is 12.1. The van der Waals surface area contributed by atoms with Gasteiger partial charge in [-0.2, -0.15) is 4.31 Å². The molecule has 0 aliphatic rings. The van der Waals surface area contributed by atoms with Crippen LogP contribution in [-0.4, -0.2) is 52.9 Å². The first-order valence-electron chi connectivity index (χ1n) is 9.06. The van der Waals surface area contributed by atoms with Crippen molar-refractivity contribution in [2.24, 2.45) is 14.1 Å². The molecule has 8 nitrogen and oxygen atoms in total. The Morgan fingerprint density at radius 1 is 1.07 bits per heavy atom. The number of aromatic nitrogens is 2. The Bertz CT molecular complexity index is 1170. The molecule has 0 unspecified atom stereocenters. The van der Waals surface area contributed by atoms with Gasteiger partial charge in [0.25, 0.3) is 5.56 Å². The number of hydrogen-bond donors (Lipinski definition) is 0. The molecule has 0 amide bonds. The molecule has 0 radical (unpaired) electrons. The van der Waals surface area contributed by atoms with Gasteiger partial charge in [0.1, 0.15) is 0 Å². The van der Waals surface area contributed by atoms with Crippen LogP contribution in [0, 0.1) is 0 Å². The molecular weight excluding hydrogens is 451 g/mol. The number of benzene rings is 1. The molecule has 1 aromatic carbocycles. The van der Waals surface area contributed by atoms with Gasteiger partial charge in [-0.25, -0.2) is 13.2 Å². The summed E-state index contributed by atoms with van der Waals surface area (Å²) < 4.78 is 30.2. The third kappa shape index (κ3) is 4.97. The van der Waals surface area contributed by atoms with E-state index in [1.165, 1.54) is 18.4 Å². The Balaban J connectivity index is 2.64. The molecule has 30 heavy (non-hydrogen) atoms. The summed E-state index contributed by atoms with van der Waals surface area (Å²) in [4.78, 5) is 26.1. The molecule has 1 aromatic heterocycles. The first-order valence-corrected chi connectivity index (χ1v) is 11.3. The van der Waals surface area contributed by atoms with Crippen LogP contribution < -0.4 is 11.2 Å². The molecule has 166 valence electrons. The van der Waals surface area contributed by atoms with Crippen LogP contribution in [0.25, 0.3) is 0 Å². The second-order valence-electron chi connectivity index (χ2n) is 7.98. The van der Waals surface area contributed by atoms with E-state index in [9.17, 15) is 18.0 Å². The zero-order chi connectivity index (χ0) is 23.0. The molecule has 11 heteroatoms. The van der Waals surface area contributed by atoms with Crippen LogP contribution in [0.2, 0.25) is 10.0 Å². The molecular formula is C19H26Cl2N4O4S. The summed E-state index contributed by atoms with van der Waals surface area (Å²) in [6.07, 6.45) is 1.06. The quantitative estimate of drug-likeness (QED) is 0.609. The van der Waals surface area contributed by atoms with Crippen molar-refractivity contribution in [2.75, 3.05) is 20.6 Å². The maximum absolute atomic E-state index is 13.5. The molecule has 0 fully saturated rings. The lowest BCUT2D eigenvalue weighted by molar-refractivity contribution is 0.156. The average Bonchev–Trinajstić information content (AvgIpc) is 2.64. The van der Waals surface area contributed by atoms with E-state index in [0.717, 1.165) is 15.3 Å². The molecule has 0 N–H and O–H groups in total. The highest BCUT2D eigenvalue weighted by molar-refractivity contribution is 7.89. The monoisotopic (exact) mass is 476 g/mol. The van der Waals surface area contributed by atoms with Crippen LogP contribution in [0.4, 0.5) is 0 Å². The number of sulfonamides is 1. The summed E-state index contributed by atoms with van der Waals surface area (Å²) in [5.41, 5.74) is -1.41. The number of likely N-dealkylation sites (N-methyl/N-ethyl adjacent to an activating group) is 1. The van der Waals surface area contributed by atoms with E-state index >= 15 is 0 Å². The zero-order valence-corrected chi connectivity index (χ0v) is 20.1. The lowest BCUT2D eigenvalue weighted by atomic mass is 10.0. The molecule has 0 aliphatic heterocycles. The summed E-state index contributed by atoms with van der Waals surface area (Å²) in [6, 6.07) is 4.86. The predicted molar refractivity (Wildman–Crippen MR) is 119 cm³/mol. The number of hydrogen-bond acceptors (Lipinski definition) is 5. The van der Waals surface area contributed by atoms with Crippen LogP contribution >= 0.6 is 23.2 Å². The van der Waals surface area contributed by atoms with Crippen molar-refractivity contribution in [2.45, 2.75) is 30.8 Å². The SMILES string of the molecule is CN(C)C(C)(C)CN(Cc1ccc(Cl)c(Cl)c1)S(=O)(=O)c1cn(C)c(=O)n(C)c1=O. The van der Waals surface area contributed by atoms with E-state index in [1.807, 2.05) is 32.8 Å². The molecule has 0 spiro atoms. The van der Waals surface area contributed by atoms with Crippen molar-refractivity contribution in [3.8, 4) is 0 Å². The zero-order valence-electron chi connectivity index (χ0n) is 17.8. The largest absolute Gasteiger partial charge is 0.330 e. The fourth-order valence-electron chi connectivity index (χ4n) is 2.73. The molecule has 0 aliphatic carbocycles. The number of nitrogens with zero attached hydrogens (tertiary/aromatic N) is 4. The van der Waals surface area contributed by atoms with Gasteiger partial charge in [0.2, 0.25) is 10.0 Å². The Labute approximate surface area is 186 Å². The van der Waals surface area contributed by atoms with Crippen molar-refractivity contribution in [1.82, 2.24) is 18.3 Å². The smallest absolute Gasteiger partial charge is 0.303 e. The lowest BCUT2D eigenvalue weighted by Gasteiger charge is -2.37. The van der Waals surface area contributed by atoms with Crippen LogP contribution in [0.3, 0.4) is 0 Å². The topological polar surface area (TPSA) is 84.6 Å². The van der Waals surface area contributed by atoms with Gasteiger partial charge in [-0.1, -0.05) is 29.3 Å². The standard InChI is InChI=1S/C19H26Cl2N4O4S/c1-19(2,22(3)4)12-25(10-13-7-8-14(20)15(21)9-13)30(28,29)16-11-23(5)18(27)24(6)17(16)26/h7-9,11H,10,12H2,1-6H3. The van der Waals surface area contributed by atoms with Crippen molar-refractivity contribution < 1.29 is 8.42 Å². The predicted octanol–water partition coefficient (Wildman–Crippen LogP) is 1.92. The fourth-order valence-corrected chi connectivity index (χ4v) is 4.78. The Hall–Kier alpha value is -1.65. The number of aryl methyl sites for hydroxylation is 1. The molecule has 2 rings (SSSR count). The van der Waals surface area contributed by atoms with Crippen molar-refractivity contribution >= 4 is 33.2 Å².